The lowest BCUT2D eigenvalue weighted by atomic mass is 10.0. The summed E-state index contributed by atoms with van der Waals surface area (Å²) < 4.78 is 0. The van der Waals surface area contributed by atoms with E-state index in [-0.39, 0.29) is 50.1 Å². The highest BCUT2D eigenvalue weighted by Crippen LogP contribution is 2.32. The zero-order chi connectivity index (χ0) is 61.2. The number of aryl methyl sites for hydroxylation is 6. The minimum atomic E-state index is -1.15. The van der Waals surface area contributed by atoms with Crippen LogP contribution in [0.3, 0.4) is 0 Å². The fourth-order valence-corrected chi connectivity index (χ4v) is 10.3. The van der Waals surface area contributed by atoms with E-state index < -0.39 is 11.9 Å². The molecule has 0 saturated carbocycles. The fourth-order valence-electron chi connectivity index (χ4n) is 10.3. The number of nitrogens with one attached hydrogen (secondary N) is 7. The van der Waals surface area contributed by atoms with Gasteiger partial charge < -0.3 is 46.1 Å². The number of amides is 1. The van der Waals surface area contributed by atoms with E-state index in [0.29, 0.717) is 76.5 Å². The van der Waals surface area contributed by atoms with Gasteiger partial charge in [-0.25, -0.2) is 9.59 Å². The summed E-state index contributed by atoms with van der Waals surface area (Å²) >= 11 is 0. The Bertz CT molecular complexity index is 4610. The number of aromatic amines is 4. The Labute approximate surface area is 491 Å². The van der Waals surface area contributed by atoms with E-state index in [1.807, 2.05) is 146 Å². The highest BCUT2D eigenvalue weighted by atomic mass is 16.4. The fraction of sp³-hybridized carbons (Fsp3) is 0.129. The highest BCUT2D eigenvalue weighted by Gasteiger charge is 2.20. The predicted octanol–water partition coefficient (Wildman–Crippen LogP) is 13.9. The summed E-state index contributed by atoms with van der Waals surface area (Å²) in [6.07, 6.45) is 0. The van der Waals surface area contributed by atoms with Crippen molar-refractivity contribution in [2.75, 3.05) is 17.2 Å². The molecular formula is C70H61N7O9. The maximum atomic E-state index is 13.0. The van der Waals surface area contributed by atoms with Gasteiger partial charge in [0.05, 0.1) is 44.6 Å². The van der Waals surface area contributed by atoms with Gasteiger partial charge in [0.15, 0.2) is 21.7 Å². The van der Waals surface area contributed by atoms with Gasteiger partial charge in [0, 0.05) is 90.0 Å². The molecule has 1 amide bonds. The van der Waals surface area contributed by atoms with Crippen LogP contribution in [0.25, 0.3) is 87.2 Å². The third-order valence-electron chi connectivity index (χ3n) is 14.8. The summed E-state index contributed by atoms with van der Waals surface area (Å²) in [6, 6.07) is 47.6. The molecule has 9 N–H and O–H groups in total. The quantitative estimate of drug-likeness (QED) is 0.0678. The van der Waals surface area contributed by atoms with E-state index >= 15 is 0 Å². The van der Waals surface area contributed by atoms with E-state index in [1.165, 1.54) is 19.1 Å². The molecule has 0 bridgehead atoms. The Morgan fingerprint density at radius 1 is 0.349 bits per heavy atom. The third-order valence-corrected chi connectivity index (χ3v) is 14.8. The van der Waals surface area contributed by atoms with Crippen molar-refractivity contribution in [1.82, 2.24) is 25.3 Å². The number of hydrogen-bond acceptors (Lipinski definition) is 9. The van der Waals surface area contributed by atoms with E-state index in [0.717, 1.165) is 62.0 Å². The number of H-pyrrole nitrogens is 4. The van der Waals surface area contributed by atoms with Crippen molar-refractivity contribution < 1.29 is 24.6 Å². The van der Waals surface area contributed by atoms with Crippen molar-refractivity contribution in [2.24, 2.45) is 0 Å². The molecular weight excluding hydrogens is 1080 g/mol. The highest BCUT2D eigenvalue weighted by molar-refractivity contribution is 6.06. The monoisotopic (exact) mass is 1140 g/mol. The smallest absolute Gasteiger partial charge is 0.337 e. The van der Waals surface area contributed by atoms with Crippen LogP contribution < -0.4 is 37.7 Å². The van der Waals surface area contributed by atoms with Crippen LogP contribution in [0.4, 0.5) is 22.7 Å². The molecule has 86 heavy (non-hydrogen) atoms. The van der Waals surface area contributed by atoms with Gasteiger partial charge in [-0.05, 0) is 158 Å². The van der Waals surface area contributed by atoms with Crippen LogP contribution in [-0.4, -0.2) is 54.5 Å². The zero-order valence-corrected chi connectivity index (χ0v) is 48.5. The number of benzene rings is 9. The molecule has 0 atom stereocenters. The number of pyridine rings is 4. The first kappa shape index (κ1) is 58.1. The van der Waals surface area contributed by atoms with Crippen molar-refractivity contribution in [2.45, 2.75) is 55.4 Å². The summed E-state index contributed by atoms with van der Waals surface area (Å²) in [4.78, 5) is 98.6. The van der Waals surface area contributed by atoms with E-state index in [9.17, 15) is 43.8 Å². The largest absolute Gasteiger partial charge is 0.478 e. The Kier molecular flexibility index (Phi) is 16.2. The molecule has 13 aromatic rings. The van der Waals surface area contributed by atoms with Gasteiger partial charge in [0.2, 0.25) is 5.91 Å². The Hall–Kier alpha value is -11.1. The van der Waals surface area contributed by atoms with Crippen LogP contribution in [0, 0.1) is 41.5 Å². The Balaban J connectivity index is 0.000000136. The Morgan fingerprint density at radius 3 is 0.814 bits per heavy atom. The molecule has 0 aliphatic carbocycles. The Morgan fingerprint density at radius 2 is 0.593 bits per heavy atom. The van der Waals surface area contributed by atoms with Gasteiger partial charge in [-0.15, -0.1) is 0 Å². The van der Waals surface area contributed by atoms with Gasteiger partial charge in [0.25, 0.3) is 0 Å². The molecule has 430 valence electrons. The number of carbonyl (C=O) groups is 3. The molecule has 0 fully saturated rings. The molecule has 13 rings (SSSR count). The van der Waals surface area contributed by atoms with Crippen molar-refractivity contribution in [3.63, 3.8) is 0 Å². The van der Waals surface area contributed by atoms with Gasteiger partial charge in [0.1, 0.15) is 0 Å². The molecule has 4 aromatic heterocycles. The standard InChI is InChI=1S/C22H20N2O4.2C22H16N2O2.C4H9NO/c1-13-3-7-15(8-4-13)23-19-11-18(22(27)28)20(12-17(19)21(25)26)24-16-9-5-14(2)6-10-16;2*1-11-3-5-17-13(7-11)21(25)15-9-20-16(10-19(15)23-17)22(26)14-8-12(2)4-6-18(14)24-20;1-3-5-4(2)6/h3-12,23-24H,1-2H3,(H,25,26)(H,27,28);2*3-10H,1-2H3,(H,23,25)(H,24,26);3H2,1-2H3,(H,5,6). The van der Waals surface area contributed by atoms with Gasteiger partial charge >= 0.3 is 11.9 Å². The van der Waals surface area contributed by atoms with Crippen LogP contribution in [0.5, 0.6) is 0 Å². The van der Waals surface area contributed by atoms with Crippen molar-refractivity contribution in [1.29, 1.82) is 0 Å². The van der Waals surface area contributed by atoms with Crippen LogP contribution in [0.15, 0.2) is 177 Å². The summed E-state index contributed by atoms with van der Waals surface area (Å²) in [5, 5.41) is 32.8. The van der Waals surface area contributed by atoms with Gasteiger partial charge in [-0.3, -0.25) is 24.0 Å². The number of hydrogen-bond donors (Lipinski definition) is 9. The van der Waals surface area contributed by atoms with E-state index in [2.05, 4.69) is 35.9 Å². The summed E-state index contributed by atoms with van der Waals surface area (Å²) in [5.41, 5.74) is 13.7. The molecule has 0 aliphatic rings. The lowest BCUT2D eigenvalue weighted by Gasteiger charge is -2.16. The lowest BCUT2D eigenvalue weighted by molar-refractivity contribution is -0.118. The number of aromatic carboxylic acids is 2. The lowest BCUT2D eigenvalue weighted by Crippen LogP contribution is -2.18. The maximum Gasteiger partial charge on any atom is 0.337 e. The molecule has 0 spiro atoms. The average molecular weight is 1140 g/mol. The predicted molar refractivity (Wildman–Crippen MR) is 348 cm³/mol. The van der Waals surface area contributed by atoms with E-state index in [1.54, 1.807) is 48.5 Å². The van der Waals surface area contributed by atoms with E-state index in [4.69, 9.17) is 0 Å². The van der Waals surface area contributed by atoms with Crippen LogP contribution in [0.1, 0.15) is 67.9 Å². The number of anilines is 4. The summed E-state index contributed by atoms with van der Waals surface area (Å²) in [6.45, 7) is 15.9. The first-order valence-electron chi connectivity index (χ1n) is 27.7. The molecule has 0 saturated heterocycles. The number of carboxylic acid groups (broad SMARTS) is 2. The second kappa shape index (κ2) is 24.0. The molecule has 0 unspecified atom stereocenters. The second-order valence-electron chi connectivity index (χ2n) is 21.5. The van der Waals surface area contributed by atoms with Gasteiger partial charge in [-0.1, -0.05) is 81.9 Å². The second-order valence-corrected chi connectivity index (χ2v) is 21.5. The minimum Gasteiger partial charge on any atom is -0.478 e. The number of rotatable bonds is 7. The van der Waals surface area contributed by atoms with Crippen molar-refractivity contribution in [3.05, 3.63) is 243 Å². The average Bonchev–Trinajstić information content (AvgIpc) is 0.918. The van der Waals surface area contributed by atoms with Crippen molar-refractivity contribution >= 4 is 128 Å². The molecule has 0 aliphatic heterocycles. The first-order valence-corrected chi connectivity index (χ1v) is 27.7. The van der Waals surface area contributed by atoms with Crippen LogP contribution in [-0.2, 0) is 4.79 Å². The SMILES string of the molecule is CCNC(C)=O.Cc1ccc(Nc2cc(C(=O)O)c(Nc3ccc(C)cc3)cc2C(=O)O)cc1.Cc1ccc2[nH]c3cc4c(=O)c5cc(C)ccc5[nH]c4cc3c(=O)c2c1.Cc1ccc2[nH]c3cc4c(=O)c5cc(C)ccc5[nH]c4cc3c(=O)c2c1. The number of fused-ring (bicyclic) bond motifs is 8. The topological polar surface area (TPSA) is 259 Å². The molecule has 4 heterocycles. The number of carboxylic acids is 2. The normalized spacial score (nSPS) is 11.0. The minimum absolute atomic E-state index is 0.0239. The molecule has 0 radical (unpaired) electrons. The molecule has 16 heteroatoms. The summed E-state index contributed by atoms with van der Waals surface area (Å²) in [7, 11) is 0. The summed E-state index contributed by atoms with van der Waals surface area (Å²) in [5.74, 6) is -2.27. The third kappa shape index (κ3) is 12.2. The molecule has 16 nitrogen and oxygen atoms in total. The van der Waals surface area contributed by atoms with Crippen LogP contribution in [0.2, 0.25) is 0 Å². The maximum absolute atomic E-state index is 13.0. The zero-order valence-electron chi connectivity index (χ0n) is 48.5. The number of carbonyl (C=O) groups excluding carboxylic acids is 1. The number of aromatic nitrogens is 4. The van der Waals surface area contributed by atoms with Crippen molar-refractivity contribution in [3.8, 4) is 0 Å². The van der Waals surface area contributed by atoms with Crippen LogP contribution >= 0.6 is 0 Å². The molecule has 9 aromatic carbocycles. The van der Waals surface area contributed by atoms with Gasteiger partial charge in [-0.2, -0.15) is 0 Å². The first-order chi connectivity index (χ1) is 41.1.